The normalized spacial score (nSPS) is 15.5. The zero-order chi connectivity index (χ0) is 11.3. The zero-order valence-corrected chi connectivity index (χ0v) is 8.46. The van der Waals surface area contributed by atoms with Gasteiger partial charge >= 0.3 is 11.1 Å². The average Bonchev–Trinajstić information content (AvgIpc) is 3.11. The SMILES string of the molecule is O=c1c(=O)n(C2CC2)c2ccccc2n1O. The molecule has 1 aromatic heterocycles. The molecule has 0 amide bonds. The maximum Gasteiger partial charge on any atom is 0.349 e. The Morgan fingerprint density at radius 1 is 1.06 bits per heavy atom. The molecule has 1 fully saturated rings. The lowest BCUT2D eigenvalue weighted by atomic mass is 10.3. The van der Waals surface area contributed by atoms with Gasteiger partial charge in [-0.2, -0.15) is 0 Å². The summed E-state index contributed by atoms with van der Waals surface area (Å²) in [6.45, 7) is 0. The van der Waals surface area contributed by atoms with Gasteiger partial charge in [0, 0.05) is 6.04 Å². The lowest BCUT2D eigenvalue weighted by Crippen LogP contribution is -2.40. The zero-order valence-electron chi connectivity index (χ0n) is 8.46. The van der Waals surface area contributed by atoms with Crippen molar-refractivity contribution in [2.45, 2.75) is 18.9 Å². The minimum absolute atomic E-state index is 0.117. The van der Waals surface area contributed by atoms with Gasteiger partial charge in [-0.3, -0.25) is 14.2 Å². The minimum atomic E-state index is -0.884. The first-order valence-corrected chi connectivity index (χ1v) is 5.15. The predicted molar refractivity (Wildman–Crippen MR) is 57.9 cm³/mol. The summed E-state index contributed by atoms with van der Waals surface area (Å²) >= 11 is 0. The topological polar surface area (TPSA) is 64.2 Å². The fraction of sp³-hybridized carbons (Fsp3) is 0.273. The van der Waals surface area contributed by atoms with E-state index in [1.54, 1.807) is 24.3 Å². The van der Waals surface area contributed by atoms with Crippen molar-refractivity contribution in [3.63, 3.8) is 0 Å². The Morgan fingerprint density at radius 3 is 2.31 bits per heavy atom. The maximum atomic E-state index is 11.8. The van der Waals surface area contributed by atoms with E-state index in [0.717, 1.165) is 12.8 Å². The number of nitrogens with zero attached hydrogens (tertiary/aromatic N) is 2. The number of benzene rings is 1. The molecule has 5 heteroatoms. The van der Waals surface area contributed by atoms with Crippen LogP contribution in [0, 0.1) is 0 Å². The van der Waals surface area contributed by atoms with Crippen LogP contribution in [0.25, 0.3) is 11.0 Å². The van der Waals surface area contributed by atoms with E-state index < -0.39 is 11.1 Å². The quantitative estimate of drug-likeness (QED) is 0.567. The van der Waals surface area contributed by atoms with E-state index in [-0.39, 0.29) is 6.04 Å². The summed E-state index contributed by atoms with van der Waals surface area (Å²) in [5, 5.41) is 9.56. The molecule has 1 saturated carbocycles. The Hall–Kier alpha value is -2.04. The Kier molecular flexibility index (Phi) is 1.71. The second-order valence-corrected chi connectivity index (χ2v) is 4.01. The van der Waals surface area contributed by atoms with Gasteiger partial charge in [-0.1, -0.05) is 12.1 Å². The molecule has 0 atom stereocenters. The number of hydrogen-bond acceptors (Lipinski definition) is 3. The van der Waals surface area contributed by atoms with Crippen molar-refractivity contribution in [1.82, 2.24) is 9.30 Å². The second-order valence-electron chi connectivity index (χ2n) is 4.01. The van der Waals surface area contributed by atoms with Gasteiger partial charge in [0.25, 0.3) is 0 Å². The van der Waals surface area contributed by atoms with Crippen LogP contribution >= 0.6 is 0 Å². The fourth-order valence-electron chi connectivity index (χ4n) is 1.95. The van der Waals surface area contributed by atoms with E-state index in [1.807, 2.05) is 0 Å². The van der Waals surface area contributed by atoms with E-state index >= 15 is 0 Å². The van der Waals surface area contributed by atoms with Gasteiger partial charge in [-0.15, -0.1) is 4.73 Å². The summed E-state index contributed by atoms with van der Waals surface area (Å²) in [4.78, 5) is 23.3. The molecule has 1 aliphatic carbocycles. The van der Waals surface area contributed by atoms with E-state index in [2.05, 4.69) is 0 Å². The van der Waals surface area contributed by atoms with Crippen LogP contribution in [0.4, 0.5) is 0 Å². The van der Waals surface area contributed by atoms with Crippen molar-refractivity contribution >= 4 is 11.0 Å². The molecule has 82 valence electrons. The molecule has 1 N–H and O–H groups in total. The molecule has 0 bridgehead atoms. The van der Waals surface area contributed by atoms with Crippen LogP contribution in [-0.2, 0) is 0 Å². The molecule has 0 unspecified atom stereocenters. The van der Waals surface area contributed by atoms with Crippen LogP contribution < -0.4 is 11.1 Å². The van der Waals surface area contributed by atoms with E-state index in [9.17, 15) is 14.8 Å². The predicted octanol–water partition coefficient (Wildman–Crippen LogP) is 0.735. The Bertz CT molecular complexity index is 680. The maximum absolute atomic E-state index is 11.8. The molecule has 0 aliphatic heterocycles. The van der Waals surface area contributed by atoms with Gasteiger partial charge in [0.05, 0.1) is 5.52 Å². The van der Waals surface area contributed by atoms with Crippen molar-refractivity contribution in [3.8, 4) is 0 Å². The Morgan fingerprint density at radius 2 is 1.69 bits per heavy atom. The van der Waals surface area contributed by atoms with Crippen molar-refractivity contribution in [2.75, 3.05) is 0 Å². The highest BCUT2D eigenvalue weighted by molar-refractivity contribution is 5.74. The first-order valence-electron chi connectivity index (χ1n) is 5.15. The third-order valence-corrected chi connectivity index (χ3v) is 2.88. The average molecular weight is 218 g/mol. The molecule has 16 heavy (non-hydrogen) atoms. The van der Waals surface area contributed by atoms with Crippen molar-refractivity contribution < 1.29 is 5.21 Å². The first kappa shape index (κ1) is 9.21. The van der Waals surface area contributed by atoms with Crippen LogP contribution in [0.3, 0.4) is 0 Å². The van der Waals surface area contributed by atoms with Crippen LogP contribution in [0.5, 0.6) is 0 Å². The summed E-state index contributed by atoms with van der Waals surface area (Å²) in [5.41, 5.74) is -0.551. The summed E-state index contributed by atoms with van der Waals surface area (Å²) in [6.07, 6.45) is 1.83. The van der Waals surface area contributed by atoms with Gasteiger partial charge in [0.15, 0.2) is 0 Å². The number of rotatable bonds is 1. The summed E-state index contributed by atoms with van der Waals surface area (Å²) in [7, 11) is 0. The highest BCUT2D eigenvalue weighted by Crippen LogP contribution is 2.35. The van der Waals surface area contributed by atoms with Crippen molar-refractivity contribution in [2.24, 2.45) is 0 Å². The van der Waals surface area contributed by atoms with Crippen LogP contribution in [0.2, 0.25) is 0 Å². The van der Waals surface area contributed by atoms with Crippen molar-refractivity contribution in [1.29, 1.82) is 0 Å². The lowest BCUT2D eigenvalue weighted by molar-refractivity contribution is 0.185. The molecule has 0 saturated heterocycles. The van der Waals surface area contributed by atoms with E-state index in [0.29, 0.717) is 15.8 Å². The molecule has 1 heterocycles. The van der Waals surface area contributed by atoms with Gasteiger partial charge < -0.3 is 5.21 Å². The molecule has 0 radical (unpaired) electrons. The highest BCUT2D eigenvalue weighted by Gasteiger charge is 2.28. The standard InChI is InChI=1S/C11H10N2O3/c14-10-11(15)13(16)9-4-2-1-3-8(9)12(10)7-5-6-7/h1-4,7,16H,5-6H2. The third kappa shape index (κ3) is 1.11. The molecule has 0 spiro atoms. The van der Waals surface area contributed by atoms with Gasteiger partial charge in [0.2, 0.25) is 0 Å². The van der Waals surface area contributed by atoms with E-state index in [4.69, 9.17) is 0 Å². The van der Waals surface area contributed by atoms with E-state index in [1.165, 1.54) is 4.57 Å². The smallest absolute Gasteiger partial charge is 0.349 e. The molecule has 5 nitrogen and oxygen atoms in total. The number of fused-ring (bicyclic) bond motifs is 1. The largest absolute Gasteiger partial charge is 0.425 e. The number of para-hydroxylation sites is 2. The first-order chi connectivity index (χ1) is 7.70. The molecule has 1 aromatic carbocycles. The Labute approximate surface area is 90.1 Å². The number of aromatic nitrogens is 2. The van der Waals surface area contributed by atoms with Crippen LogP contribution in [0.1, 0.15) is 18.9 Å². The minimum Gasteiger partial charge on any atom is -0.425 e. The fourth-order valence-corrected chi connectivity index (χ4v) is 1.95. The number of hydrogen-bond donors (Lipinski definition) is 1. The van der Waals surface area contributed by atoms with Crippen molar-refractivity contribution in [3.05, 3.63) is 45.0 Å². The summed E-state index contributed by atoms with van der Waals surface area (Å²) in [5.74, 6) is 0. The molecule has 1 aliphatic rings. The van der Waals surface area contributed by atoms with Crippen LogP contribution in [-0.4, -0.2) is 14.5 Å². The van der Waals surface area contributed by atoms with Gasteiger partial charge in [-0.05, 0) is 25.0 Å². The Balaban J connectivity index is 2.56. The van der Waals surface area contributed by atoms with Gasteiger partial charge in [0.1, 0.15) is 5.52 Å². The van der Waals surface area contributed by atoms with Gasteiger partial charge in [-0.25, -0.2) is 0 Å². The molecule has 3 rings (SSSR count). The molecular formula is C11H10N2O3. The molecular weight excluding hydrogens is 208 g/mol. The highest BCUT2D eigenvalue weighted by atomic mass is 16.5. The third-order valence-electron chi connectivity index (χ3n) is 2.88. The molecule has 2 aromatic rings. The summed E-state index contributed by atoms with van der Waals surface area (Å²) < 4.78 is 1.92. The summed E-state index contributed by atoms with van der Waals surface area (Å²) in [6, 6.07) is 6.98. The monoisotopic (exact) mass is 218 g/mol. The lowest BCUT2D eigenvalue weighted by Gasteiger charge is -2.09. The second kappa shape index (κ2) is 2.98. The van der Waals surface area contributed by atoms with Crippen LogP contribution in [0.15, 0.2) is 33.9 Å².